The second kappa shape index (κ2) is 8.75. The molecule has 1 atom stereocenters. The van der Waals surface area contributed by atoms with Crippen LogP contribution in [0.1, 0.15) is 37.3 Å². The van der Waals surface area contributed by atoms with Crippen LogP contribution in [0.5, 0.6) is 5.75 Å². The summed E-state index contributed by atoms with van der Waals surface area (Å²) in [6, 6.07) is 14.2. The van der Waals surface area contributed by atoms with Gasteiger partial charge in [-0.3, -0.25) is 14.6 Å². The highest BCUT2D eigenvalue weighted by molar-refractivity contribution is 5.96. The number of aromatic nitrogens is 1. The largest absolute Gasteiger partial charge is 0.481 e. The van der Waals surface area contributed by atoms with Crippen LogP contribution in [0.15, 0.2) is 48.7 Å². The number of pyridine rings is 1. The molecule has 6 nitrogen and oxygen atoms in total. The minimum absolute atomic E-state index is 0.0365. The molecule has 2 amide bonds. The van der Waals surface area contributed by atoms with Crippen LogP contribution in [0.3, 0.4) is 0 Å². The quantitative estimate of drug-likeness (QED) is 0.630. The number of aryl methyl sites for hydroxylation is 2. The SMILES string of the molecule is Cc1cccc(C)c1-c1ccnc2cc(OC(C)C(=O)N3CCC4(CCNC4=O)CC3)ccc12. The monoisotopic (exact) mass is 457 g/mol. The highest BCUT2D eigenvalue weighted by Crippen LogP contribution is 2.38. The minimum Gasteiger partial charge on any atom is -0.481 e. The van der Waals surface area contributed by atoms with Crippen molar-refractivity contribution in [2.75, 3.05) is 19.6 Å². The first-order chi connectivity index (χ1) is 16.4. The van der Waals surface area contributed by atoms with Crippen LogP contribution in [-0.2, 0) is 9.59 Å². The van der Waals surface area contributed by atoms with E-state index in [1.807, 2.05) is 29.3 Å². The van der Waals surface area contributed by atoms with Gasteiger partial charge in [-0.25, -0.2) is 0 Å². The number of amides is 2. The average Bonchev–Trinajstić information content (AvgIpc) is 3.18. The molecule has 6 heteroatoms. The third-order valence-corrected chi connectivity index (χ3v) is 7.53. The van der Waals surface area contributed by atoms with E-state index in [4.69, 9.17) is 4.74 Å². The Morgan fingerprint density at radius 3 is 2.50 bits per heavy atom. The van der Waals surface area contributed by atoms with E-state index < -0.39 is 6.10 Å². The molecule has 1 aromatic heterocycles. The molecule has 3 aromatic rings. The minimum atomic E-state index is -0.606. The number of nitrogens with zero attached hydrogens (tertiary/aromatic N) is 2. The number of likely N-dealkylation sites (tertiary alicyclic amines) is 1. The van der Waals surface area contributed by atoms with E-state index in [1.54, 1.807) is 6.92 Å². The molecule has 2 saturated heterocycles. The maximum absolute atomic E-state index is 13.0. The lowest BCUT2D eigenvalue weighted by molar-refractivity contribution is -0.143. The van der Waals surface area contributed by atoms with Crippen molar-refractivity contribution in [1.82, 2.24) is 15.2 Å². The summed E-state index contributed by atoms with van der Waals surface area (Å²) in [5.74, 6) is 0.738. The van der Waals surface area contributed by atoms with E-state index in [9.17, 15) is 9.59 Å². The van der Waals surface area contributed by atoms with E-state index in [0.717, 1.165) is 42.3 Å². The van der Waals surface area contributed by atoms with Gasteiger partial charge in [0.2, 0.25) is 5.91 Å². The topological polar surface area (TPSA) is 71.5 Å². The van der Waals surface area contributed by atoms with Crippen LogP contribution in [0.4, 0.5) is 0 Å². The van der Waals surface area contributed by atoms with Crippen molar-refractivity contribution in [1.29, 1.82) is 0 Å². The van der Waals surface area contributed by atoms with E-state index >= 15 is 0 Å². The first-order valence-electron chi connectivity index (χ1n) is 12.1. The number of benzene rings is 2. The fourth-order valence-corrected chi connectivity index (χ4v) is 5.52. The van der Waals surface area contributed by atoms with E-state index in [1.165, 1.54) is 16.7 Å². The highest BCUT2D eigenvalue weighted by Gasteiger charge is 2.45. The fraction of sp³-hybridized carbons (Fsp3) is 0.393. The van der Waals surface area contributed by atoms with Crippen molar-refractivity contribution >= 4 is 22.7 Å². The zero-order valence-electron chi connectivity index (χ0n) is 20.1. The van der Waals surface area contributed by atoms with E-state index in [-0.39, 0.29) is 17.2 Å². The summed E-state index contributed by atoms with van der Waals surface area (Å²) < 4.78 is 6.06. The number of piperidine rings is 1. The molecule has 0 saturated carbocycles. The summed E-state index contributed by atoms with van der Waals surface area (Å²) in [6.07, 6.45) is 3.53. The maximum atomic E-state index is 13.0. The number of ether oxygens (including phenoxy) is 1. The van der Waals surface area contributed by atoms with Crippen LogP contribution >= 0.6 is 0 Å². The van der Waals surface area contributed by atoms with Gasteiger partial charge in [-0.05, 0) is 80.5 Å². The van der Waals surface area contributed by atoms with Crippen LogP contribution < -0.4 is 10.1 Å². The Bertz CT molecular complexity index is 1240. The molecular formula is C28H31N3O3. The van der Waals surface area contributed by atoms with Crippen molar-refractivity contribution in [3.05, 3.63) is 59.8 Å². The van der Waals surface area contributed by atoms with Gasteiger partial charge in [0, 0.05) is 37.3 Å². The first kappa shape index (κ1) is 22.4. The molecule has 176 valence electrons. The van der Waals surface area contributed by atoms with Crippen LogP contribution in [0, 0.1) is 19.3 Å². The Kier molecular flexibility index (Phi) is 5.76. The van der Waals surface area contributed by atoms with Crippen molar-refractivity contribution in [2.24, 2.45) is 5.41 Å². The third-order valence-electron chi connectivity index (χ3n) is 7.53. The Morgan fingerprint density at radius 1 is 1.09 bits per heavy atom. The Balaban J connectivity index is 1.31. The predicted octanol–water partition coefficient (Wildman–Crippen LogP) is 4.41. The highest BCUT2D eigenvalue weighted by atomic mass is 16.5. The van der Waals surface area contributed by atoms with Gasteiger partial charge in [0.05, 0.1) is 10.9 Å². The summed E-state index contributed by atoms with van der Waals surface area (Å²) in [5.41, 5.74) is 5.39. The van der Waals surface area contributed by atoms with Gasteiger partial charge in [-0.15, -0.1) is 0 Å². The lowest BCUT2D eigenvalue weighted by Crippen LogP contribution is -2.49. The Morgan fingerprint density at radius 2 is 1.82 bits per heavy atom. The van der Waals surface area contributed by atoms with Crippen molar-refractivity contribution < 1.29 is 14.3 Å². The van der Waals surface area contributed by atoms with Gasteiger partial charge in [-0.2, -0.15) is 0 Å². The molecule has 34 heavy (non-hydrogen) atoms. The maximum Gasteiger partial charge on any atom is 0.263 e. The number of nitrogens with one attached hydrogen (secondary N) is 1. The van der Waals surface area contributed by atoms with Gasteiger partial charge in [-0.1, -0.05) is 18.2 Å². The predicted molar refractivity (Wildman–Crippen MR) is 133 cm³/mol. The van der Waals surface area contributed by atoms with Crippen molar-refractivity contribution in [2.45, 2.75) is 46.1 Å². The average molecular weight is 458 g/mol. The summed E-state index contributed by atoms with van der Waals surface area (Å²) >= 11 is 0. The number of fused-ring (bicyclic) bond motifs is 1. The summed E-state index contributed by atoms with van der Waals surface area (Å²) in [4.78, 5) is 31.7. The molecule has 1 spiro atoms. The summed E-state index contributed by atoms with van der Waals surface area (Å²) in [7, 11) is 0. The number of rotatable bonds is 4. The standard InChI is InChI=1S/C28H31N3O3/c1-18-5-4-6-19(2)25(18)23-9-13-29-24-17-21(7-8-22(23)24)34-20(3)26(32)31-15-11-28(12-16-31)10-14-30-27(28)33/h4-9,13,17,20H,10-12,14-16H2,1-3H3,(H,30,33). The zero-order chi connectivity index (χ0) is 23.9. The van der Waals surface area contributed by atoms with Gasteiger partial charge < -0.3 is 15.0 Å². The number of hydrogen-bond acceptors (Lipinski definition) is 4. The van der Waals surface area contributed by atoms with Gasteiger partial charge >= 0.3 is 0 Å². The smallest absolute Gasteiger partial charge is 0.263 e. The fourth-order valence-electron chi connectivity index (χ4n) is 5.52. The molecule has 2 aliphatic rings. The van der Waals surface area contributed by atoms with E-state index in [2.05, 4.69) is 48.4 Å². The first-order valence-corrected chi connectivity index (χ1v) is 12.1. The summed E-state index contributed by atoms with van der Waals surface area (Å²) in [6.45, 7) is 7.98. The zero-order valence-corrected chi connectivity index (χ0v) is 20.1. The lowest BCUT2D eigenvalue weighted by atomic mass is 9.77. The number of hydrogen-bond donors (Lipinski definition) is 1. The molecule has 0 radical (unpaired) electrons. The van der Waals surface area contributed by atoms with Crippen LogP contribution in [0.25, 0.3) is 22.0 Å². The normalized spacial score (nSPS) is 18.2. The molecule has 5 rings (SSSR count). The van der Waals surface area contributed by atoms with Crippen LogP contribution in [-0.4, -0.2) is 47.4 Å². The molecular weight excluding hydrogens is 426 g/mol. The molecule has 2 fully saturated rings. The molecule has 2 aliphatic heterocycles. The molecule has 1 unspecified atom stereocenters. The summed E-state index contributed by atoms with van der Waals surface area (Å²) in [5, 5.41) is 4.00. The number of carbonyl (C=O) groups is 2. The Hall–Kier alpha value is -3.41. The second-order valence-electron chi connectivity index (χ2n) is 9.68. The molecule has 1 N–H and O–H groups in total. The van der Waals surface area contributed by atoms with Crippen molar-refractivity contribution in [3.8, 4) is 16.9 Å². The van der Waals surface area contributed by atoms with Crippen LogP contribution in [0.2, 0.25) is 0 Å². The van der Waals surface area contributed by atoms with Gasteiger partial charge in [0.15, 0.2) is 6.10 Å². The molecule has 2 aromatic carbocycles. The lowest BCUT2D eigenvalue weighted by Gasteiger charge is -2.38. The Labute approximate surface area is 200 Å². The van der Waals surface area contributed by atoms with Gasteiger partial charge in [0.25, 0.3) is 5.91 Å². The van der Waals surface area contributed by atoms with E-state index in [0.29, 0.717) is 18.8 Å². The second-order valence-corrected chi connectivity index (χ2v) is 9.68. The number of carbonyl (C=O) groups excluding carboxylic acids is 2. The third kappa shape index (κ3) is 3.91. The van der Waals surface area contributed by atoms with Gasteiger partial charge in [0.1, 0.15) is 5.75 Å². The molecule has 3 heterocycles. The molecule has 0 aliphatic carbocycles. The molecule has 0 bridgehead atoms. The van der Waals surface area contributed by atoms with Crippen molar-refractivity contribution in [3.63, 3.8) is 0 Å².